The van der Waals surface area contributed by atoms with Gasteiger partial charge >= 0.3 is 11.9 Å². The van der Waals surface area contributed by atoms with Crippen LogP contribution in [0.25, 0.3) is 0 Å². The number of aliphatic carboxylic acids is 2. The second kappa shape index (κ2) is 13.2. The lowest BCUT2D eigenvalue weighted by molar-refractivity contribution is -0.140. The van der Waals surface area contributed by atoms with Crippen molar-refractivity contribution in [2.75, 3.05) is 6.61 Å². The minimum Gasteiger partial charge on any atom is -0.481 e. The van der Waals surface area contributed by atoms with Gasteiger partial charge in [-0.25, -0.2) is 4.79 Å². The van der Waals surface area contributed by atoms with E-state index in [0.717, 1.165) is 6.92 Å². The molecule has 6 nitrogen and oxygen atoms in total. The number of hydrogen-bond donors (Lipinski definition) is 2. The highest BCUT2D eigenvalue weighted by atomic mass is 16.5. The molecule has 0 saturated heterocycles. The smallest absolute Gasteiger partial charge is 0.330 e. The lowest BCUT2D eigenvalue weighted by atomic mass is 10.4. The van der Waals surface area contributed by atoms with Crippen LogP contribution in [0.4, 0.5) is 0 Å². The summed E-state index contributed by atoms with van der Waals surface area (Å²) >= 11 is 0. The van der Waals surface area contributed by atoms with Crippen molar-refractivity contribution in [3.8, 4) is 0 Å². The van der Waals surface area contributed by atoms with E-state index in [4.69, 9.17) is 15.0 Å². The molecule has 0 aromatic heterocycles. The normalized spacial score (nSPS) is 7.25. The van der Waals surface area contributed by atoms with Crippen molar-refractivity contribution < 1.29 is 29.3 Å². The summed E-state index contributed by atoms with van der Waals surface area (Å²) in [5.74, 6) is -1.98. The minimum atomic E-state index is -0.935. The average Bonchev–Trinajstić information content (AvgIpc) is 2.03. The van der Waals surface area contributed by atoms with Gasteiger partial charge in [0.15, 0.2) is 0 Å². The zero-order valence-corrected chi connectivity index (χ0v) is 9.94. The van der Waals surface area contributed by atoms with Gasteiger partial charge < -0.3 is 14.9 Å². The summed E-state index contributed by atoms with van der Waals surface area (Å²) in [5, 5.41) is 15.3. The summed E-state index contributed by atoms with van der Waals surface area (Å²) in [7, 11) is 0. The molecule has 0 saturated carbocycles. The summed E-state index contributed by atoms with van der Waals surface area (Å²) in [4.78, 5) is 28.4. The molecule has 0 aliphatic carbocycles. The van der Waals surface area contributed by atoms with Crippen LogP contribution in [0.1, 0.15) is 27.7 Å². The van der Waals surface area contributed by atoms with Crippen molar-refractivity contribution in [3.63, 3.8) is 0 Å². The molecule has 0 heterocycles. The Morgan fingerprint density at radius 2 is 1.38 bits per heavy atom. The topological polar surface area (TPSA) is 101 Å². The molecule has 94 valence electrons. The standard InChI is InChI=1S/C4H8O2.C4H6O2.C2H4O2/c1-3-6-4(2)5;1-3(2)4(5)6;1-2(3)4/h3H2,1-2H3;1H2,2H3,(H,5,6);1H3,(H,3,4). The molecule has 0 spiro atoms. The monoisotopic (exact) mass is 234 g/mol. The van der Waals surface area contributed by atoms with Gasteiger partial charge in [0.25, 0.3) is 5.97 Å². The zero-order valence-electron chi connectivity index (χ0n) is 9.94. The number of carbonyl (C=O) groups is 3. The molecule has 0 unspecified atom stereocenters. The fourth-order valence-corrected chi connectivity index (χ4v) is 0.203. The van der Waals surface area contributed by atoms with E-state index in [-0.39, 0.29) is 11.5 Å². The molecular formula is C10H18O6. The Morgan fingerprint density at radius 3 is 1.38 bits per heavy atom. The van der Waals surface area contributed by atoms with E-state index in [1.54, 1.807) is 6.92 Å². The van der Waals surface area contributed by atoms with Gasteiger partial charge in [-0.2, -0.15) is 0 Å². The van der Waals surface area contributed by atoms with Gasteiger partial charge in [-0.05, 0) is 13.8 Å². The van der Waals surface area contributed by atoms with E-state index >= 15 is 0 Å². The number of carboxylic acids is 2. The SMILES string of the molecule is C=C(C)C(=O)O.CC(=O)O.CCOC(C)=O. The second-order valence-corrected chi connectivity index (χ2v) is 2.53. The van der Waals surface area contributed by atoms with E-state index in [0.29, 0.717) is 6.61 Å². The Hall–Kier alpha value is -1.85. The highest BCUT2D eigenvalue weighted by molar-refractivity contribution is 5.84. The molecule has 0 radical (unpaired) electrons. The van der Waals surface area contributed by atoms with Gasteiger partial charge in [0.2, 0.25) is 0 Å². The first-order valence-electron chi connectivity index (χ1n) is 4.36. The van der Waals surface area contributed by atoms with Crippen LogP contribution in [-0.2, 0) is 19.1 Å². The predicted molar refractivity (Wildman–Crippen MR) is 58.1 cm³/mol. The van der Waals surface area contributed by atoms with E-state index in [9.17, 15) is 9.59 Å². The third-order valence-corrected chi connectivity index (χ3v) is 0.713. The average molecular weight is 234 g/mol. The molecule has 0 fully saturated rings. The van der Waals surface area contributed by atoms with Crippen LogP contribution in [0.2, 0.25) is 0 Å². The Kier molecular flexibility index (Phi) is 16.2. The first kappa shape index (κ1) is 19.7. The van der Waals surface area contributed by atoms with Crippen molar-refractivity contribution in [2.45, 2.75) is 27.7 Å². The summed E-state index contributed by atoms with van der Waals surface area (Å²) in [6, 6.07) is 0. The van der Waals surface area contributed by atoms with Crippen LogP contribution in [0.3, 0.4) is 0 Å². The molecule has 16 heavy (non-hydrogen) atoms. The Balaban J connectivity index is -0.000000162. The zero-order chi connectivity index (χ0) is 13.7. The molecule has 0 aliphatic heterocycles. The molecule has 2 N–H and O–H groups in total. The highest BCUT2D eigenvalue weighted by Gasteiger charge is 1.90. The van der Waals surface area contributed by atoms with E-state index in [1.807, 2.05) is 0 Å². The maximum Gasteiger partial charge on any atom is 0.330 e. The molecule has 0 rings (SSSR count). The van der Waals surface area contributed by atoms with Crippen LogP contribution in [-0.4, -0.2) is 34.7 Å². The van der Waals surface area contributed by atoms with Gasteiger partial charge in [-0.15, -0.1) is 0 Å². The fourth-order valence-electron chi connectivity index (χ4n) is 0.203. The maximum absolute atomic E-state index is 9.82. The number of carboxylic acid groups (broad SMARTS) is 2. The van der Waals surface area contributed by atoms with Crippen molar-refractivity contribution in [1.82, 2.24) is 0 Å². The summed E-state index contributed by atoms with van der Waals surface area (Å²) in [5.41, 5.74) is 0.176. The van der Waals surface area contributed by atoms with Crippen molar-refractivity contribution in [3.05, 3.63) is 12.2 Å². The van der Waals surface area contributed by atoms with Crippen LogP contribution >= 0.6 is 0 Å². The fraction of sp³-hybridized carbons (Fsp3) is 0.500. The molecule has 0 aromatic rings. The first-order chi connectivity index (χ1) is 7.14. The van der Waals surface area contributed by atoms with E-state index in [2.05, 4.69) is 11.3 Å². The van der Waals surface area contributed by atoms with Crippen molar-refractivity contribution in [2.24, 2.45) is 0 Å². The summed E-state index contributed by atoms with van der Waals surface area (Å²) < 4.78 is 4.40. The van der Waals surface area contributed by atoms with Crippen LogP contribution in [0.5, 0.6) is 0 Å². The number of hydrogen-bond acceptors (Lipinski definition) is 4. The largest absolute Gasteiger partial charge is 0.481 e. The Labute approximate surface area is 94.5 Å². The molecule has 0 aliphatic rings. The summed E-state index contributed by atoms with van der Waals surface area (Å²) in [6.07, 6.45) is 0. The third kappa shape index (κ3) is 57.0. The van der Waals surface area contributed by atoms with Gasteiger partial charge in [-0.1, -0.05) is 6.58 Å². The first-order valence-corrected chi connectivity index (χ1v) is 4.36. The molecule has 0 atom stereocenters. The third-order valence-electron chi connectivity index (χ3n) is 0.713. The van der Waals surface area contributed by atoms with Gasteiger partial charge in [0.1, 0.15) is 0 Å². The quantitative estimate of drug-likeness (QED) is 0.551. The van der Waals surface area contributed by atoms with Crippen molar-refractivity contribution in [1.29, 1.82) is 0 Å². The molecule has 0 aromatic carbocycles. The van der Waals surface area contributed by atoms with Crippen LogP contribution < -0.4 is 0 Å². The number of rotatable bonds is 2. The maximum atomic E-state index is 9.82. The Morgan fingerprint density at radius 1 is 1.12 bits per heavy atom. The van der Waals surface area contributed by atoms with Crippen LogP contribution in [0.15, 0.2) is 12.2 Å². The number of esters is 1. The summed E-state index contributed by atoms with van der Waals surface area (Å²) in [6.45, 7) is 9.34. The minimum absolute atomic E-state index is 0.176. The molecular weight excluding hydrogens is 216 g/mol. The second-order valence-electron chi connectivity index (χ2n) is 2.53. The van der Waals surface area contributed by atoms with Crippen LogP contribution in [0, 0.1) is 0 Å². The van der Waals surface area contributed by atoms with Gasteiger partial charge in [0, 0.05) is 19.4 Å². The van der Waals surface area contributed by atoms with Gasteiger partial charge in [0.05, 0.1) is 6.61 Å². The number of carbonyl (C=O) groups excluding carboxylic acids is 1. The predicted octanol–water partition coefficient (Wildman–Crippen LogP) is 1.31. The Bertz CT molecular complexity index is 228. The highest BCUT2D eigenvalue weighted by Crippen LogP contribution is 1.81. The lowest BCUT2D eigenvalue weighted by Crippen LogP contribution is -1.95. The molecule has 0 amide bonds. The number of ether oxygens (including phenoxy) is 1. The van der Waals surface area contributed by atoms with Gasteiger partial charge in [-0.3, -0.25) is 9.59 Å². The molecule has 0 bridgehead atoms. The molecule has 6 heteroatoms. The van der Waals surface area contributed by atoms with Crippen molar-refractivity contribution >= 4 is 17.9 Å². The van der Waals surface area contributed by atoms with E-state index < -0.39 is 11.9 Å². The van der Waals surface area contributed by atoms with E-state index in [1.165, 1.54) is 13.8 Å². The lowest BCUT2D eigenvalue weighted by Gasteiger charge is -1.89.